The number of nitrogens with zero attached hydrogens (tertiary/aromatic N) is 1. The van der Waals surface area contributed by atoms with Crippen LogP contribution in [0.1, 0.15) is 6.92 Å². The van der Waals surface area contributed by atoms with Gasteiger partial charge in [-0.3, -0.25) is 9.10 Å². The molecule has 2 rings (SSSR count). The summed E-state index contributed by atoms with van der Waals surface area (Å²) in [6.45, 7) is 1.51. The van der Waals surface area contributed by atoms with Gasteiger partial charge in [0.05, 0.1) is 19.1 Å². The Bertz CT molecular complexity index is 870. The Balaban J connectivity index is 2.32. The normalized spacial score (nSPS) is 12.3. The Labute approximate surface area is 152 Å². The molecule has 1 N–H and O–H groups in total. The summed E-state index contributed by atoms with van der Waals surface area (Å²) in [5.41, 5.74) is 0.832. The van der Waals surface area contributed by atoms with Crippen LogP contribution in [0.15, 0.2) is 48.5 Å². The maximum Gasteiger partial charge on any atom is 0.247 e. The molecular weight excluding hydrogens is 364 g/mol. The Hall–Kier alpha value is -2.25. The van der Waals surface area contributed by atoms with Crippen LogP contribution in [0, 0.1) is 0 Å². The number of halogens is 1. The number of carbonyl (C=O) groups excluding carboxylic acids is 1. The van der Waals surface area contributed by atoms with Crippen molar-refractivity contribution in [2.24, 2.45) is 0 Å². The van der Waals surface area contributed by atoms with Crippen LogP contribution in [0.2, 0.25) is 5.02 Å². The Morgan fingerprint density at radius 2 is 1.88 bits per heavy atom. The van der Waals surface area contributed by atoms with Gasteiger partial charge < -0.3 is 10.1 Å². The summed E-state index contributed by atoms with van der Waals surface area (Å²) in [4.78, 5) is 12.5. The van der Waals surface area contributed by atoms with Crippen molar-refractivity contribution in [3.8, 4) is 5.75 Å². The van der Waals surface area contributed by atoms with Crippen molar-refractivity contribution < 1.29 is 17.9 Å². The molecule has 2 aromatic rings. The zero-order valence-electron chi connectivity index (χ0n) is 14.1. The number of hydrogen-bond acceptors (Lipinski definition) is 4. The first kappa shape index (κ1) is 19.1. The number of amides is 1. The maximum atomic E-state index is 12.5. The van der Waals surface area contributed by atoms with Gasteiger partial charge in [-0.2, -0.15) is 0 Å². The number of nitrogens with one attached hydrogen (secondary N) is 1. The molecule has 0 saturated carbocycles. The van der Waals surface area contributed by atoms with Gasteiger partial charge in [-0.25, -0.2) is 8.42 Å². The monoisotopic (exact) mass is 382 g/mol. The van der Waals surface area contributed by atoms with E-state index in [0.717, 1.165) is 10.6 Å². The highest BCUT2D eigenvalue weighted by Crippen LogP contribution is 2.26. The highest BCUT2D eigenvalue weighted by molar-refractivity contribution is 7.92. The first-order chi connectivity index (χ1) is 11.7. The van der Waals surface area contributed by atoms with E-state index in [4.69, 9.17) is 16.3 Å². The van der Waals surface area contributed by atoms with Crippen LogP contribution in [-0.2, 0) is 14.8 Å². The average Bonchev–Trinajstić information content (AvgIpc) is 2.53. The summed E-state index contributed by atoms with van der Waals surface area (Å²) in [7, 11) is -2.21. The van der Waals surface area contributed by atoms with Crippen LogP contribution >= 0.6 is 11.6 Å². The van der Waals surface area contributed by atoms with E-state index >= 15 is 0 Å². The van der Waals surface area contributed by atoms with Crippen LogP contribution in [0.4, 0.5) is 11.4 Å². The fourth-order valence-electron chi connectivity index (χ4n) is 2.37. The number of methoxy groups -OCH3 is 1. The van der Waals surface area contributed by atoms with Gasteiger partial charge in [0, 0.05) is 16.8 Å². The highest BCUT2D eigenvalue weighted by Gasteiger charge is 2.29. The molecule has 0 heterocycles. The molecule has 134 valence electrons. The van der Waals surface area contributed by atoms with Gasteiger partial charge >= 0.3 is 0 Å². The van der Waals surface area contributed by atoms with Crippen molar-refractivity contribution in [2.45, 2.75) is 13.0 Å². The minimum atomic E-state index is -3.70. The lowest BCUT2D eigenvalue weighted by atomic mass is 10.2. The number of benzene rings is 2. The van der Waals surface area contributed by atoms with Gasteiger partial charge in [0.1, 0.15) is 11.8 Å². The van der Waals surface area contributed by atoms with Crippen LogP contribution in [0.5, 0.6) is 5.75 Å². The molecule has 0 radical (unpaired) electrons. The first-order valence-electron chi connectivity index (χ1n) is 7.42. The van der Waals surface area contributed by atoms with Gasteiger partial charge in [-0.1, -0.05) is 23.7 Å². The zero-order valence-corrected chi connectivity index (χ0v) is 15.6. The molecule has 0 spiro atoms. The van der Waals surface area contributed by atoms with Crippen molar-refractivity contribution in [3.05, 3.63) is 53.6 Å². The Morgan fingerprint density at radius 1 is 1.20 bits per heavy atom. The molecule has 1 atom stereocenters. The van der Waals surface area contributed by atoms with E-state index in [1.165, 1.54) is 14.0 Å². The smallest absolute Gasteiger partial charge is 0.247 e. The molecule has 6 nitrogen and oxygen atoms in total. The van der Waals surface area contributed by atoms with Gasteiger partial charge in [0.25, 0.3) is 0 Å². The molecular formula is C17H19ClN2O4S. The molecule has 0 aliphatic heterocycles. The number of rotatable bonds is 6. The minimum absolute atomic E-state index is 0.343. The Kier molecular flexibility index (Phi) is 5.92. The quantitative estimate of drug-likeness (QED) is 0.832. The number of ether oxygens (including phenoxy) is 1. The number of carbonyl (C=O) groups is 1. The fourth-order valence-corrected chi connectivity index (χ4v) is 3.73. The summed E-state index contributed by atoms with van der Waals surface area (Å²) in [5.74, 6) is 0.0177. The molecule has 0 saturated heterocycles. The lowest BCUT2D eigenvalue weighted by molar-refractivity contribution is -0.116. The summed E-state index contributed by atoms with van der Waals surface area (Å²) in [5, 5.41) is 3.14. The number of sulfonamides is 1. The third-order valence-electron chi connectivity index (χ3n) is 3.49. The predicted octanol–water partition coefficient (Wildman–Crippen LogP) is 3.14. The van der Waals surface area contributed by atoms with E-state index in [1.807, 2.05) is 0 Å². The SMILES string of the molecule is COc1cccc(N([C@H](C)C(=O)Nc2cccc(Cl)c2)S(C)(=O)=O)c1. The van der Waals surface area contributed by atoms with E-state index in [-0.39, 0.29) is 0 Å². The van der Waals surface area contributed by atoms with Crippen molar-refractivity contribution in [1.29, 1.82) is 0 Å². The average molecular weight is 383 g/mol. The second-order valence-corrected chi connectivity index (χ2v) is 7.73. The van der Waals surface area contributed by atoms with E-state index in [9.17, 15) is 13.2 Å². The highest BCUT2D eigenvalue weighted by atomic mass is 35.5. The summed E-state index contributed by atoms with van der Waals surface area (Å²) in [6.07, 6.45) is 1.05. The largest absolute Gasteiger partial charge is 0.497 e. The van der Waals surface area contributed by atoms with Gasteiger partial charge in [-0.15, -0.1) is 0 Å². The molecule has 2 aromatic carbocycles. The first-order valence-corrected chi connectivity index (χ1v) is 9.65. The van der Waals surface area contributed by atoms with Crippen molar-refractivity contribution >= 4 is 38.9 Å². The molecule has 1 amide bonds. The van der Waals surface area contributed by atoms with Gasteiger partial charge in [-0.05, 0) is 37.3 Å². The molecule has 0 aliphatic carbocycles. The van der Waals surface area contributed by atoms with Crippen molar-refractivity contribution in [2.75, 3.05) is 23.0 Å². The van der Waals surface area contributed by atoms with Crippen LogP contribution in [0.3, 0.4) is 0 Å². The fraction of sp³-hybridized carbons (Fsp3) is 0.235. The predicted molar refractivity (Wildman–Crippen MR) is 99.9 cm³/mol. The van der Waals surface area contributed by atoms with Crippen molar-refractivity contribution in [1.82, 2.24) is 0 Å². The molecule has 25 heavy (non-hydrogen) atoms. The second kappa shape index (κ2) is 7.76. The van der Waals surface area contributed by atoms with Gasteiger partial charge in [0.15, 0.2) is 0 Å². The lowest BCUT2D eigenvalue weighted by Gasteiger charge is -2.28. The minimum Gasteiger partial charge on any atom is -0.497 e. The molecule has 0 unspecified atom stereocenters. The van der Waals surface area contributed by atoms with E-state index in [0.29, 0.717) is 22.1 Å². The van der Waals surface area contributed by atoms with E-state index < -0.39 is 22.0 Å². The van der Waals surface area contributed by atoms with Gasteiger partial charge in [0.2, 0.25) is 15.9 Å². The van der Waals surface area contributed by atoms with Crippen molar-refractivity contribution in [3.63, 3.8) is 0 Å². The summed E-state index contributed by atoms with van der Waals surface area (Å²) < 4.78 is 30.7. The maximum absolute atomic E-state index is 12.5. The molecule has 0 bridgehead atoms. The van der Waals surface area contributed by atoms with Crippen LogP contribution in [-0.4, -0.2) is 33.7 Å². The van der Waals surface area contributed by atoms with Crippen LogP contribution < -0.4 is 14.4 Å². The zero-order chi connectivity index (χ0) is 18.6. The summed E-state index contributed by atoms with van der Waals surface area (Å²) in [6, 6.07) is 12.2. The third-order valence-corrected chi connectivity index (χ3v) is 4.97. The van der Waals surface area contributed by atoms with E-state index in [2.05, 4.69) is 5.32 Å². The van der Waals surface area contributed by atoms with E-state index in [1.54, 1.807) is 48.5 Å². The lowest BCUT2D eigenvalue weighted by Crippen LogP contribution is -2.45. The topological polar surface area (TPSA) is 75.7 Å². The molecule has 0 fully saturated rings. The number of anilines is 2. The second-order valence-electron chi connectivity index (χ2n) is 5.44. The molecule has 0 aliphatic rings. The molecule has 8 heteroatoms. The summed E-state index contributed by atoms with van der Waals surface area (Å²) >= 11 is 5.90. The van der Waals surface area contributed by atoms with Crippen LogP contribution in [0.25, 0.3) is 0 Å². The Morgan fingerprint density at radius 3 is 2.48 bits per heavy atom. The third kappa shape index (κ3) is 4.87. The number of hydrogen-bond donors (Lipinski definition) is 1. The molecule has 0 aromatic heterocycles. The standard InChI is InChI=1S/C17H19ClN2O4S/c1-12(17(21)19-14-7-4-6-13(18)10-14)20(25(3,22)23)15-8-5-9-16(11-15)24-2/h4-12H,1-3H3,(H,19,21)/t12-/m1/s1.